The van der Waals surface area contributed by atoms with E-state index in [-0.39, 0.29) is 0 Å². The average molecular weight is 679 g/mol. The number of aliphatic imine (C=N–C) groups is 1. The van der Waals surface area contributed by atoms with E-state index in [4.69, 9.17) is 42.7 Å². The molecular weight excluding hydrogens is 640 g/mol. The lowest BCUT2D eigenvalue weighted by Gasteiger charge is -2.19. The second-order valence-corrected chi connectivity index (χ2v) is 11.5. The van der Waals surface area contributed by atoms with Gasteiger partial charge in [-0.25, -0.2) is 4.99 Å². The topological polar surface area (TPSA) is 127 Å². The molecule has 2 N–H and O–H groups in total. The van der Waals surface area contributed by atoms with Gasteiger partial charge in [0.2, 0.25) is 0 Å². The third-order valence-corrected chi connectivity index (χ3v) is 8.01. The fourth-order valence-corrected chi connectivity index (χ4v) is 5.50. The molecule has 0 fully saturated rings. The van der Waals surface area contributed by atoms with Crippen LogP contribution in [0, 0.1) is 0 Å². The number of fused-ring (bicyclic) bond motifs is 2. The van der Waals surface area contributed by atoms with Crippen molar-refractivity contribution in [1.82, 2.24) is 15.8 Å². The lowest BCUT2D eigenvalue weighted by Crippen LogP contribution is -2.38. The Morgan fingerprint density at radius 1 is 0.680 bits per heavy atom. The van der Waals surface area contributed by atoms with Crippen LogP contribution in [0.25, 0.3) is 11.3 Å². The minimum absolute atomic E-state index is 0.394. The van der Waals surface area contributed by atoms with Crippen molar-refractivity contribution >= 4 is 5.96 Å². The van der Waals surface area contributed by atoms with Gasteiger partial charge in [0, 0.05) is 36.4 Å². The number of ether oxygens (including phenoxy) is 7. The van der Waals surface area contributed by atoms with E-state index in [1.165, 1.54) is 0 Å². The number of rotatable bonds is 12. The molecule has 0 saturated heterocycles. The van der Waals surface area contributed by atoms with Crippen LogP contribution in [0.1, 0.15) is 16.8 Å². The highest BCUT2D eigenvalue weighted by atomic mass is 16.6. The van der Waals surface area contributed by atoms with Crippen LogP contribution in [0.15, 0.2) is 94.4 Å². The maximum atomic E-state index is 6.15. The van der Waals surface area contributed by atoms with Crippen LogP contribution < -0.4 is 43.8 Å². The second-order valence-electron chi connectivity index (χ2n) is 11.5. The smallest absolute Gasteiger partial charge is 0.191 e. The Labute approximate surface area is 289 Å². The van der Waals surface area contributed by atoms with Crippen LogP contribution >= 0.6 is 0 Å². The van der Waals surface area contributed by atoms with Crippen LogP contribution in [0.4, 0.5) is 0 Å². The Hall–Kier alpha value is -6.04. The number of guanidine groups is 1. The van der Waals surface area contributed by atoms with Crippen LogP contribution in [0.5, 0.6) is 46.0 Å². The fourth-order valence-electron chi connectivity index (χ4n) is 5.50. The molecule has 3 heterocycles. The van der Waals surface area contributed by atoms with Crippen molar-refractivity contribution in [2.75, 3.05) is 47.2 Å². The van der Waals surface area contributed by atoms with Gasteiger partial charge in [-0.2, -0.15) is 0 Å². The first-order valence-corrected chi connectivity index (χ1v) is 16.4. The molecule has 0 amide bonds. The summed E-state index contributed by atoms with van der Waals surface area (Å²) < 4.78 is 45.4. The minimum atomic E-state index is 0.394. The van der Waals surface area contributed by atoms with E-state index in [1.54, 1.807) is 20.3 Å². The van der Waals surface area contributed by atoms with Gasteiger partial charge in [0.1, 0.15) is 55.1 Å². The lowest BCUT2D eigenvalue weighted by molar-refractivity contribution is 0.171. The summed E-state index contributed by atoms with van der Waals surface area (Å²) in [5, 5.41) is 11.2. The first kappa shape index (κ1) is 32.5. The first-order chi connectivity index (χ1) is 24.6. The molecule has 0 saturated carbocycles. The molecular formula is C38H38N4O8. The highest BCUT2D eigenvalue weighted by Gasteiger charge is 2.16. The molecule has 5 aromatic rings. The van der Waals surface area contributed by atoms with Gasteiger partial charge >= 0.3 is 0 Å². The van der Waals surface area contributed by atoms with Gasteiger partial charge in [-0.15, -0.1) is 0 Å². The molecule has 0 bridgehead atoms. The van der Waals surface area contributed by atoms with Crippen LogP contribution in [-0.2, 0) is 19.5 Å². The van der Waals surface area contributed by atoms with Crippen molar-refractivity contribution in [3.05, 3.63) is 102 Å². The normalized spacial score (nSPS) is 13.4. The predicted molar refractivity (Wildman–Crippen MR) is 186 cm³/mol. The Morgan fingerprint density at radius 2 is 1.38 bits per heavy atom. The van der Waals surface area contributed by atoms with Gasteiger partial charge in [0.25, 0.3) is 0 Å². The molecule has 0 radical (unpaired) electrons. The van der Waals surface area contributed by atoms with Crippen LogP contribution in [0.2, 0.25) is 0 Å². The molecule has 1 aromatic heterocycles. The van der Waals surface area contributed by atoms with Gasteiger partial charge in [0.05, 0.1) is 27.3 Å². The highest BCUT2D eigenvalue weighted by molar-refractivity contribution is 5.79. The Balaban J connectivity index is 1.04. The molecule has 12 heteroatoms. The number of aromatic nitrogens is 1. The Kier molecular flexibility index (Phi) is 10.0. The summed E-state index contributed by atoms with van der Waals surface area (Å²) in [5.41, 5.74) is 3.67. The first-order valence-electron chi connectivity index (χ1n) is 16.4. The Bertz CT molecular complexity index is 1940. The van der Waals surface area contributed by atoms with Crippen LogP contribution in [0.3, 0.4) is 0 Å². The van der Waals surface area contributed by atoms with E-state index in [9.17, 15) is 0 Å². The molecule has 0 unspecified atom stereocenters. The summed E-state index contributed by atoms with van der Waals surface area (Å²) in [5.74, 6) is 6.78. The van der Waals surface area contributed by atoms with E-state index in [0.29, 0.717) is 86.5 Å². The van der Waals surface area contributed by atoms with Gasteiger partial charge in [-0.1, -0.05) is 23.4 Å². The summed E-state index contributed by atoms with van der Waals surface area (Å²) in [7, 11) is 3.21. The zero-order valence-corrected chi connectivity index (χ0v) is 27.9. The van der Waals surface area contributed by atoms with Crippen molar-refractivity contribution < 1.29 is 37.7 Å². The van der Waals surface area contributed by atoms with Crippen LogP contribution in [-0.4, -0.2) is 58.3 Å². The second kappa shape index (κ2) is 15.5. The van der Waals surface area contributed by atoms with Crippen molar-refractivity contribution in [3.8, 4) is 57.3 Å². The summed E-state index contributed by atoms with van der Waals surface area (Å²) in [6.07, 6.45) is 0.753. The lowest BCUT2D eigenvalue weighted by atomic mass is 10.1. The van der Waals surface area contributed by atoms with E-state index in [2.05, 4.69) is 21.9 Å². The van der Waals surface area contributed by atoms with Gasteiger partial charge < -0.3 is 48.3 Å². The average Bonchev–Trinajstić information content (AvgIpc) is 3.64. The van der Waals surface area contributed by atoms with Gasteiger partial charge in [-0.3, -0.25) is 0 Å². The van der Waals surface area contributed by atoms with Gasteiger partial charge in [0.15, 0.2) is 34.7 Å². The third kappa shape index (κ3) is 8.15. The molecule has 258 valence electrons. The van der Waals surface area contributed by atoms with Crippen molar-refractivity contribution in [3.63, 3.8) is 0 Å². The maximum absolute atomic E-state index is 6.15. The van der Waals surface area contributed by atoms with E-state index in [0.717, 1.165) is 46.1 Å². The fraction of sp³-hybridized carbons (Fsp3) is 0.263. The van der Waals surface area contributed by atoms with Crippen molar-refractivity contribution in [1.29, 1.82) is 0 Å². The maximum Gasteiger partial charge on any atom is 0.191 e. The quantitative estimate of drug-likeness (QED) is 0.116. The molecule has 0 aliphatic carbocycles. The third-order valence-electron chi connectivity index (χ3n) is 8.01. The van der Waals surface area contributed by atoms with Crippen molar-refractivity contribution in [2.24, 2.45) is 4.99 Å². The highest BCUT2D eigenvalue weighted by Crippen LogP contribution is 2.35. The van der Waals surface area contributed by atoms with Gasteiger partial charge in [-0.05, 0) is 60.0 Å². The number of nitrogens with zero attached hydrogens (tertiary/aromatic N) is 2. The largest absolute Gasteiger partial charge is 0.496 e. The number of methoxy groups -OCH3 is 2. The summed E-state index contributed by atoms with van der Waals surface area (Å²) in [6.45, 7) is 3.59. The van der Waals surface area contributed by atoms with Crippen molar-refractivity contribution in [2.45, 2.75) is 19.5 Å². The predicted octanol–water partition coefficient (Wildman–Crippen LogP) is 6.17. The molecule has 50 heavy (non-hydrogen) atoms. The molecule has 0 spiro atoms. The molecule has 4 aromatic carbocycles. The standard InChI is InChI=1S/C38H38N4O8/c1-43-30-20-31(44-2)22-32(21-30)49-29-5-3-4-26(16-29)23-40-38(39-11-10-25-6-8-33-36(17-25)47-14-12-45-33)41-24-28-19-35(50-42-28)27-7-9-34-37(18-27)48-15-13-46-34/h3-9,16-22H,10-15,23-24H2,1-2H3,(H2,39,40,41). The minimum Gasteiger partial charge on any atom is -0.496 e. The van der Waals surface area contributed by atoms with E-state index >= 15 is 0 Å². The number of hydrogen-bond acceptors (Lipinski definition) is 10. The molecule has 7 rings (SSSR count). The summed E-state index contributed by atoms with van der Waals surface area (Å²) in [4.78, 5) is 4.89. The summed E-state index contributed by atoms with van der Waals surface area (Å²) >= 11 is 0. The summed E-state index contributed by atoms with van der Waals surface area (Å²) in [6, 6.07) is 26.9. The molecule has 12 nitrogen and oxygen atoms in total. The number of nitrogens with one attached hydrogen (secondary N) is 2. The monoisotopic (exact) mass is 678 g/mol. The SMILES string of the molecule is COc1cc(OC)cc(Oc2cccc(CN=C(NCCc3ccc4c(c3)OCCO4)NCc3cc(-c4ccc5c(c4)OCCO5)on3)c2)c1. The van der Waals surface area contributed by atoms with E-state index in [1.807, 2.05) is 72.8 Å². The molecule has 2 aliphatic rings. The molecule has 2 aliphatic heterocycles. The zero-order valence-electron chi connectivity index (χ0n) is 27.9. The molecule has 0 atom stereocenters. The number of benzene rings is 4. The number of hydrogen-bond donors (Lipinski definition) is 2. The van der Waals surface area contributed by atoms with E-state index < -0.39 is 0 Å². The zero-order chi connectivity index (χ0) is 34.1. The Morgan fingerprint density at radius 3 is 2.14 bits per heavy atom.